The summed E-state index contributed by atoms with van der Waals surface area (Å²) in [5, 5.41) is 19.4. The molecule has 0 saturated carbocycles. The molecule has 0 N–H and O–H groups in total. The molecule has 0 radical (unpaired) electrons. The number of rotatable bonds is 2. The van der Waals surface area contributed by atoms with Crippen LogP contribution in [-0.2, 0) is 0 Å². The zero-order valence-corrected chi connectivity index (χ0v) is 10.1. The van der Waals surface area contributed by atoms with E-state index in [-0.39, 0.29) is 0 Å². The number of fused-ring (bicyclic) bond motifs is 1. The Morgan fingerprint density at radius 1 is 0.842 bits per heavy atom. The van der Waals surface area contributed by atoms with Crippen molar-refractivity contribution in [1.29, 1.82) is 0 Å². The molecule has 0 amide bonds. The SMILES string of the molecule is [O-][n+]1cccc(N=Nc2ccc3cccccc2-3)c1. The van der Waals surface area contributed by atoms with Crippen molar-refractivity contribution in [3.05, 3.63) is 72.2 Å². The zero-order valence-electron chi connectivity index (χ0n) is 10.1. The molecular formula is C15H11N3O. The van der Waals surface area contributed by atoms with Gasteiger partial charge in [-0.2, -0.15) is 4.73 Å². The van der Waals surface area contributed by atoms with E-state index in [2.05, 4.69) is 10.2 Å². The Kier molecular flexibility index (Phi) is 2.90. The van der Waals surface area contributed by atoms with Crippen molar-refractivity contribution < 1.29 is 4.73 Å². The molecule has 0 atom stereocenters. The summed E-state index contributed by atoms with van der Waals surface area (Å²) in [6, 6.07) is 17.3. The van der Waals surface area contributed by atoms with E-state index in [0.29, 0.717) is 10.4 Å². The first-order chi connectivity index (χ1) is 9.33. The minimum atomic E-state index is 0.534. The standard InChI is InChI=1S/C15H11N3O/c19-18-10-4-6-13(11-18)16-17-15-9-8-12-5-2-1-3-7-14(12)15/h1-11H. The van der Waals surface area contributed by atoms with E-state index in [1.807, 2.05) is 42.5 Å². The molecule has 3 rings (SSSR count). The zero-order chi connectivity index (χ0) is 13.1. The fraction of sp³-hybridized carbons (Fsp3) is 0. The quantitative estimate of drug-likeness (QED) is 0.386. The van der Waals surface area contributed by atoms with Gasteiger partial charge in [0, 0.05) is 11.6 Å². The van der Waals surface area contributed by atoms with Crippen LogP contribution in [0, 0.1) is 5.21 Å². The first kappa shape index (κ1) is 11.3. The Hall–Kier alpha value is -2.75. The number of pyridine rings is 1. The van der Waals surface area contributed by atoms with Crippen LogP contribution in [0.4, 0.5) is 11.4 Å². The van der Waals surface area contributed by atoms with Crippen molar-refractivity contribution in [2.75, 3.05) is 0 Å². The third kappa shape index (κ3) is 2.42. The summed E-state index contributed by atoms with van der Waals surface area (Å²) in [4.78, 5) is 0. The third-order valence-electron chi connectivity index (χ3n) is 2.80. The van der Waals surface area contributed by atoms with Crippen LogP contribution in [0.1, 0.15) is 0 Å². The highest BCUT2D eigenvalue weighted by atomic mass is 16.5. The molecule has 1 aromatic heterocycles. The Balaban J connectivity index is 1.95. The number of aromatic nitrogens is 1. The number of nitrogens with zero attached hydrogens (tertiary/aromatic N) is 3. The molecule has 0 unspecified atom stereocenters. The minimum Gasteiger partial charge on any atom is -0.619 e. The van der Waals surface area contributed by atoms with E-state index in [0.717, 1.165) is 16.8 Å². The number of hydrogen-bond donors (Lipinski definition) is 0. The van der Waals surface area contributed by atoms with Gasteiger partial charge in [0.25, 0.3) is 0 Å². The molecule has 0 aliphatic heterocycles. The lowest BCUT2D eigenvalue weighted by Crippen LogP contribution is -2.23. The molecule has 0 fully saturated rings. The van der Waals surface area contributed by atoms with E-state index in [4.69, 9.17) is 0 Å². The van der Waals surface area contributed by atoms with Gasteiger partial charge < -0.3 is 5.21 Å². The molecule has 0 aromatic carbocycles. The molecule has 4 heteroatoms. The van der Waals surface area contributed by atoms with Crippen molar-refractivity contribution in [2.45, 2.75) is 0 Å². The summed E-state index contributed by atoms with van der Waals surface area (Å²) in [6.07, 6.45) is 2.80. The van der Waals surface area contributed by atoms with Gasteiger partial charge in [-0.1, -0.05) is 36.4 Å². The maximum atomic E-state index is 11.1. The Morgan fingerprint density at radius 3 is 2.63 bits per heavy atom. The van der Waals surface area contributed by atoms with Gasteiger partial charge in [0.1, 0.15) is 0 Å². The van der Waals surface area contributed by atoms with Crippen LogP contribution in [0.25, 0.3) is 11.1 Å². The van der Waals surface area contributed by atoms with Crippen molar-refractivity contribution in [3.63, 3.8) is 0 Å². The van der Waals surface area contributed by atoms with Crippen LogP contribution in [0.5, 0.6) is 0 Å². The predicted molar refractivity (Wildman–Crippen MR) is 72.6 cm³/mol. The highest BCUT2D eigenvalue weighted by Gasteiger charge is 2.06. The summed E-state index contributed by atoms with van der Waals surface area (Å²) in [5.41, 5.74) is 3.49. The number of azo groups is 1. The normalized spacial score (nSPS) is 11.2. The summed E-state index contributed by atoms with van der Waals surface area (Å²) >= 11 is 0. The van der Waals surface area contributed by atoms with Crippen molar-refractivity contribution in [1.82, 2.24) is 0 Å². The average Bonchev–Trinajstić information content (AvgIpc) is 2.64. The van der Waals surface area contributed by atoms with Crippen LogP contribution < -0.4 is 4.73 Å². The summed E-state index contributed by atoms with van der Waals surface area (Å²) in [5.74, 6) is 0. The summed E-state index contributed by atoms with van der Waals surface area (Å²) in [6.45, 7) is 0. The predicted octanol–water partition coefficient (Wildman–Crippen LogP) is 3.84. The van der Waals surface area contributed by atoms with Gasteiger partial charge in [-0.3, -0.25) is 0 Å². The van der Waals surface area contributed by atoms with Crippen molar-refractivity contribution in [3.8, 4) is 11.1 Å². The van der Waals surface area contributed by atoms with Crippen LogP contribution >= 0.6 is 0 Å². The molecule has 19 heavy (non-hydrogen) atoms. The molecular weight excluding hydrogens is 238 g/mol. The summed E-state index contributed by atoms with van der Waals surface area (Å²) < 4.78 is 0.706. The second kappa shape index (κ2) is 4.86. The van der Waals surface area contributed by atoms with Crippen LogP contribution in [0.3, 0.4) is 0 Å². The van der Waals surface area contributed by atoms with Gasteiger partial charge in [-0.15, -0.1) is 10.2 Å². The first-order valence-electron chi connectivity index (χ1n) is 5.91. The van der Waals surface area contributed by atoms with Gasteiger partial charge >= 0.3 is 0 Å². The largest absolute Gasteiger partial charge is 0.619 e. The van der Waals surface area contributed by atoms with Crippen LogP contribution in [-0.4, -0.2) is 0 Å². The molecule has 0 bridgehead atoms. The highest BCUT2D eigenvalue weighted by Crippen LogP contribution is 2.34. The topological polar surface area (TPSA) is 51.7 Å². The van der Waals surface area contributed by atoms with Gasteiger partial charge in [0.05, 0.1) is 5.69 Å². The molecule has 2 aliphatic rings. The smallest absolute Gasteiger partial charge is 0.207 e. The molecule has 1 aromatic rings. The van der Waals surface area contributed by atoms with Gasteiger partial charge in [-0.25, -0.2) is 0 Å². The Morgan fingerprint density at radius 2 is 1.74 bits per heavy atom. The van der Waals surface area contributed by atoms with E-state index in [1.165, 1.54) is 12.4 Å². The maximum absolute atomic E-state index is 11.1. The van der Waals surface area contributed by atoms with E-state index in [1.54, 1.807) is 12.1 Å². The Bertz CT molecular complexity index is 709. The highest BCUT2D eigenvalue weighted by molar-refractivity contribution is 5.79. The van der Waals surface area contributed by atoms with Gasteiger partial charge in [0.2, 0.25) is 6.20 Å². The second-order valence-corrected chi connectivity index (χ2v) is 4.12. The van der Waals surface area contributed by atoms with Crippen LogP contribution in [0.15, 0.2) is 77.2 Å². The molecule has 92 valence electrons. The second-order valence-electron chi connectivity index (χ2n) is 4.12. The monoisotopic (exact) mass is 249 g/mol. The van der Waals surface area contributed by atoms with Crippen molar-refractivity contribution in [2.24, 2.45) is 10.2 Å². The lowest BCUT2D eigenvalue weighted by molar-refractivity contribution is -0.604. The lowest BCUT2D eigenvalue weighted by Gasteiger charge is -1.95. The first-order valence-corrected chi connectivity index (χ1v) is 5.91. The van der Waals surface area contributed by atoms with E-state index < -0.39 is 0 Å². The molecule has 0 spiro atoms. The number of hydrogen-bond acceptors (Lipinski definition) is 3. The van der Waals surface area contributed by atoms with Gasteiger partial charge in [0.15, 0.2) is 11.9 Å². The fourth-order valence-corrected chi connectivity index (χ4v) is 1.90. The molecule has 4 nitrogen and oxygen atoms in total. The average molecular weight is 249 g/mol. The third-order valence-corrected chi connectivity index (χ3v) is 2.80. The van der Waals surface area contributed by atoms with E-state index in [9.17, 15) is 5.21 Å². The fourth-order valence-electron chi connectivity index (χ4n) is 1.90. The van der Waals surface area contributed by atoms with Gasteiger partial charge in [-0.05, 0) is 17.7 Å². The Labute approximate surface area is 110 Å². The molecule has 2 aliphatic carbocycles. The van der Waals surface area contributed by atoms with Crippen molar-refractivity contribution >= 4 is 11.4 Å². The van der Waals surface area contributed by atoms with E-state index >= 15 is 0 Å². The minimum absolute atomic E-state index is 0.534. The molecule has 1 heterocycles. The maximum Gasteiger partial charge on any atom is 0.207 e. The summed E-state index contributed by atoms with van der Waals surface area (Å²) in [7, 11) is 0. The lowest BCUT2D eigenvalue weighted by atomic mass is 10.2. The molecule has 0 saturated heterocycles. The van der Waals surface area contributed by atoms with Crippen LogP contribution in [0.2, 0.25) is 0 Å².